The average Bonchev–Trinajstić information content (AvgIpc) is 2.17. The van der Waals surface area contributed by atoms with Crippen LogP contribution in [0.15, 0.2) is 0 Å². The molecule has 0 amide bonds. The maximum absolute atomic E-state index is 10.7. The standard InChI is InChI=1S/C11H18O3/c1-3-4-5-6-7-8-10(12)9-11(13)14-2/h10,12H,3-5,8-9H2,1-2H3. The molecule has 1 N–H and O–H groups in total. The molecule has 80 valence electrons. The highest BCUT2D eigenvalue weighted by molar-refractivity contribution is 5.69. The summed E-state index contributed by atoms with van der Waals surface area (Å²) >= 11 is 0. The van der Waals surface area contributed by atoms with Crippen molar-refractivity contribution in [2.75, 3.05) is 7.11 Å². The first kappa shape index (κ1) is 13.0. The maximum Gasteiger partial charge on any atom is 0.308 e. The molecular weight excluding hydrogens is 180 g/mol. The molecule has 0 aromatic heterocycles. The Morgan fingerprint density at radius 3 is 2.79 bits per heavy atom. The van der Waals surface area contributed by atoms with Gasteiger partial charge in [-0.3, -0.25) is 4.79 Å². The molecule has 0 saturated heterocycles. The predicted octanol–water partition coefficient (Wildman–Crippen LogP) is 1.49. The van der Waals surface area contributed by atoms with Gasteiger partial charge in [0.25, 0.3) is 0 Å². The molecule has 0 saturated carbocycles. The van der Waals surface area contributed by atoms with Crippen LogP contribution in [-0.4, -0.2) is 24.3 Å². The zero-order valence-corrected chi connectivity index (χ0v) is 8.88. The molecule has 14 heavy (non-hydrogen) atoms. The van der Waals surface area contributed by atoms with Crippen molar-refractivity contribution in [3.05, 3.63) is 0 Å². The van der Waals surface area contributed by atoms with Gasteiger partial charge in [0.2, 0.25) is 0 Å². The molecule has 0 aromatic rings. The summed E-state index contributed by atoms with van der Waals surface area (Å²) in [6.07, 6.45) is 2.75. The Morgan fingerprint density at radius 1 is 1.50 bits per heavy atom. The first-order valence-corrected chi connectivity index (χ1v) is 4.91. The quantitative estimate of drug-likeness (QED) is 0.413. The van der Waals surface area contributed by atoms with E-state index in [1.165, 1.54) is 7.11 Å². The predicted molar refractivity (Wildman–Crippen MR) is 54.6 cm³/mol. The van der Waals surface area contributed by atoms with Gasteiger partial charge in [-0.2, -0.15) is 0 Å². The molecule has 0 aliphatic carbocycles. The average molecular weight is 198 g/mol. The van der Waals surface area contributed by atoms with Crippen molar-refractivity contribution in [1.29, 1.82) is 0 Å². The van der Waals surface area contributed by atoms with Crippen LogP contribution in [-0.2, 0) is 9.53 Å². The molecule has 3 heteroatoms. The lowest BCUT2D eigenvalue weighted by Crippen LogP contribution is -2.13. The van der Waals surface area contributed by atoms with Crippen LogP contribution in [0.3, 0.4) is 0 Å². The number of carbonyl (C=O) groups is 1. The molecule has 0 radical (unpaired) electrons. The second kappa shape index (κ2) is 8.58. The van der Waals surface area contributed by atoms with Gasteiger partial charge in [-0.05, 0) is 6.42 Å². The first-order chi connectivity index (χ1) is 6.70. The van der Waals surface area contributed by atoms with Gasteiger partial charge in [-0.25, -0.2) is 0 Å². The molecule has 1 unspecified atom stereocenters. The molecule has 3 nitrogen and oxygen atoms in total. The Morgan fingerprint density at radius 2 is 2.21 bits per heavy atom. The van der Waals surface area contributed by atoms with E-state index in [0.717, 1.165) is 19.3 Å². The lowest BCUT2D eigenvalue weighted by atomic mass is 10.2. The number of hydrogen-bond acceptors (Lipinski definition) is 3. The van der Waals surface area contributed by atoms with Crippen LogP contribution in [0.25, 0.3) is 0 Å². The van der Waals surface area contributed by atoms with Crippen molar-refractivity contribution in [3.63, 3.8) is 0 Å². The lowest BCUT2D eigenvalue weighted by molar-refractivity contribution is -0.142. The summed E-state index contributed by atoms with van der Waals surface area (Å²) in [5.41, 5.74) is 0. The molecule has 0 aliphatic heterocycles. The van der Waals surface area contributed by atoms with Gasteiger partial charge in [0, 0.05) is 12.8 Å². The van der Waals surface area contributed by atoms with Crippen LogP contribution in [0.4, 0.5) is 0 Å². The molecule has 0 aromatic carbocycles. The van der Waals surface area contributed by atoms with Crippen molar-refractivity contribution >= 4 is 5.97 Å². The van der Waals surface area contributed by atoms with E-state index in [1.807, 2.05) is 0 Å². The Hall–Kier alpha value is -1.01. The minimum atomic E-state index is -0.698. The van der Waals surface area contributed by atoms with E-state index >= 15 is 0 Å². The number of ether oxygens (including phenoxy) is 1. The van der Waals surface area contributed by atoms with Crippen LogP contribution in [0.2, 0.25) is 0 Å². The normalized spacial score (nSPS) is 11.4. The number of carbonyl (C=O) groups excluding carboxylic acids is 1. The Bertz CT molecular complexity index is 212. The monoisotopic (exact) mass is 198 g/mol. The summed E-state index contributed by atoms with van der Waals surface area (Å²) in [7, 11) is 1.31. The number of methoxy groups -OCH3 is 1. The van der Waals surface area contributed by atoms with Crippen molar-refractivity contribution in [1.82, 2.24) is 0 Å². The molecule has 0 aliphatic rings. The molecule has 0 fully saturated rings. The van der Waals surface area contributed by atoms with Gasteiger partial charge in [0.15, 0.2) is 0 Å². The molecule has 0 rings (SSSR count). The fourth-order valence-corrected chi connectivity index (χ4v) is 0.891. The zero-order chi connectivity index (χ0) is 10.8. The number of aliphatic hydroxyl groups excluding tert-OH is 1. The number of aliphatic hydroxyl groups is 1. The van der Waals surface area contributed by atoms with E-state index in [1.54, 1.807) is 0 Å². The summed E-state index contributed by atoms with van der Waals surface area (Å²) in [4.78, 5) is 10.7. The fourth-order valence-electron chi connectivity index (χ4n) is 0.891. The summed E-state index contributed by atoms with van der Waals surface area (Å²) in [6.45, 7) is 2.10. The van der Waals surface area contributed by atoms with Gasteiger partial charge in [0.05, 0.1) is 19.6 Å². The van der Waals surface area contributed by atoms with Crippen LogP contribution in [0.5, 0.6) is 0 Å². The van der Waals surface area contributed by atoms with Crippen molar-refractivity contribution < 1.29 is 14.6 Å². The molecule has 0 bridgehead atoms. The van der Waals surface area contributed by atoms with Gasteiger partial charge in [0.1, 0.15) is 0 Å². The molecule has 1 atom stereocenters. The molecule has 0 spiro atoms. The third-order valence-electron chi connectivity index (χ3n) is 1.75. The van der Waals surface area contributed by atoms with Crippen LogP contribution >= 0.6 is 0 Å². The number of unbranched alkanes of at least 4 members (excludes halogenated alkanes) is 2. The van der Waals surface area contributed by atoms with Gasteiger partial charge in [-0.1, -0.05) is 13.3 Å². The highest BCUT2D eigenvalue weighted by Gasteiger charge is 2.08. The van der Waals surface area contributed by atoms with E-state index in [4.69, 9.17) is 0 Å². The number of rotatable bonds is 5. The van der Waals surface area contributed by atoms with Gasteiger partial charge >= 0.3 is 5.97 Å². The van der Waals surface area contributed by atoms with Gasteiger partial charge in [-0.15, -0.1) is 11.8 Å². The van der Waals surface area contributed by atoms with E-state index < -0.39 is 12.1 Å². The lowest BCUT2D eigenvalue weighted by Gasteiger charge is -2.03. The second-order valence-corrected chi connectivity index (χ2v) is 3.10. The van der Waals surface area contributed by atoms with E-state index in [-0.39, 0.29) is 6.42 Å². The third-order valence-corrected chi connectivity index (χ3v) is 1.75. The zero-order valence-electron chi connectivity index (χ0n) is 8.88. The van der Waals surface area contributed by atoms with E-state index in [0.29, 0.717) is 6.42 Å². The van der Waals surface area contributed by atoms with Crippen LogP contribution in [0, 0.1) is 11.8 Å². The largest absolute Gasteiger partial charge is 0.469 e. The Balaban J connectivity index is 3.55. The molecular formula is C11H18O3. The number of esters is 1. The minimum Gasteiger partial charge on any atom is -0.469 e. The van der Waals surface area contributed by atoms with Gasteiger partial charge < -0.3 is 9.84 Å². The van der Waals surface area contributed by atoms with Crippen LogP contribution in [0.1, 0.15) is 39.0 Å². The minimum absolute atomic E-state index is 0.0267. The smallest absolute Gasteiger partial charge is 0.308 e. The molecule has 0 heterocycles. The van der Waals surface area contributed by atoms with Crippen LogP contribution < -0.4 is 0 Å². The van der Waals surface area contributed by atoms with E-state index in [2.05, 4.69) is 23.5 Å². The van der Waals surface area contributed by atoms with Crippen molar-refractivity contribution in [3.8, 4) is 11.8 Å². The maximum atomic E-state index is 10.7. The Kier molecular flexibility index (Phi) is 7.96. The summed E-state index contributed by atoms with van der Waals surface area (Å²) < 4.78 is 4.42. The van der Waals surface area contributed by atoms with Crippen molar-refractivity contribution in [2.45, 2.75) is 45.1 Å². The van der Waals surface area contributed by atoms with E-state index in [9.17, 15) is 9.90 Å². The highest BCUT2D eigenvalue weighted by Crippen LogP contribution is 1.98. The Labute approximate surface area is 85.5 Å². The first-order valence-electron chi connectivity index (χ1n) is 4.91. The summed E-state index contributed by atoms with van der Waals surface area (Å²) in [5, 5.41) is 9.30. The summed E-state index contributed by atoms with van der Waals surface area (Å²) in [5.74, 6) is 5.39. The SMILES string of the molecule is CCCCC#CCC(O)CC(=O)OC. The highest BCUT2D eigenvalue weighted by atomic mass is 16.5. The fraction of sp³-hybridized carbons (Fsp3) is 0.727. The second-order valence-electron chi connectivity index (χ2n) is 3.10. The summed E-state index contributed by atoms with van der Waals surface area (Å²) in [6, 6.07) is 0. The third kappa shape index (κ3) is 7.63. The topological polar surface area (TPSA) is 46.5 Å². The van der Waals surface area contributed by atoms with Crippen molar-refractivity contribution in [2.24, 2.45) is 0 Å². The number of hydrogen-bond donors (Lipinski definition) is 1.